The average Bonchev–Trinajstić information content (AvgIpc) is 3.01. The van der Waals surface area contributed by atoms with Crippen molar-refractivity contribution in [3.8, 4) is 0 Å². The minimum Gasteiger partial charge on any atom is -0.472 e. The second-order valence-electron chi connectivity index (χ2n) is 5.68. The van der Waals surface area contributed by atoms with E-state index < -0.39 is 0 Å². The number of hydrogen-bond acceptors (Lipinski definition) is 3. The van der Waals surface area contributed by atoms with E-state index in [9.17, 15) is 9.59 Å². The van der Waals surface area contributed by atoms with Crippen molar-refractivity contribution in [2.24, 2.45) is 5.92 Å². The van der Waals surface area contributed by atoms with Crippen molar-refractivity contribution < 1.29 is 14.0 Å². The number of benzene rings is 1. The Morgan fingerprint density at radius 1 is 1.04 bits per heavy atom. The molecule has 3 N–H and O–H groups in total. The third kappa shape index (κ3) is 4.88. The zero-order valence-electron chi connectivity index (χ0n) is 13.4. The van der Waals surface area contributed by atoms with E-state index in [0.717, 1.165) is 0 Å². The standard InChI is InChI=1S/C17H21N3O3/c1-11(2)12(3)18-17(22)20-15-6-4-5-14(9-15)19-16(21)13-7-8-23-10-13/h4-12H,1-3H3,(H,19,21)(H2,18,20,22). The van der Waals surface area contributed by atoms with Crippen molar-refractivity contribution in [1.82, 2.24) is 5.32 Å². The van der Waals surface area contributed by atoms with Gasteiger partial charge in [-0.3, -0.25) is 4.79 Å². The molecule has 0 bridgehead atoms. The van der Waals surface area contributed by atoms with E-state index in [1.54, 1.807) is 30.3 Å². The van der Waals surface area contributed by atoms with Gasteiger partial charge in [-0.25, -0.2) is 4.79 Å². The highest BCUT2D eigenvalue weighted by Crippen LogP contribution is 2.16. The smallest absolute Gasteiger partial charge is 0.319 e. The van der Waals surface area contributed by atoms with Gasteiger partial charge in [-0.2, -0.15) is 0 Å². The molecule has 6 heteroatoms. The molecule has 0 aliphatic heterocycles. The first-order valence-electron chi connectivity index (χ1n) is 7.47. The van der Waals surface area contributed by atoms with E-state index in [0.29, 0.717) is 22.9 Å². The topological polar surface area (TPSA) is 83.4 Å². The third-order valence-electron chi connectivity index (χ3n) is 3.52. The molecule has 0 radical (unpaired) electrons. The fraction of sp³-hybridized carbons (Fsp3) is 0.294. The molecule has 122 valence electrons. The molecule has 2 aromatic rings. The van der Waals surface area contributed by atoms with Crippen LogP contribution >= 0.6 is 0 Å². The monoisotopic (exact) mass is 315 g/mol. The maximum atomic E-state index is 12.0. The van der Waals surface area contributed by atoms with Crippen LogP contribution in [0.3, 0.4) is 0 Å². The zero-order valence-corrected chi connectivity index (χ0v) is 13.4. The van der Waals surface area contributed by atoms with E-state index in [1.807, 2.05) is 20.8 Å². The molecule has 1 aromatic heterocycles. The lowest BCUT2D eigenvalue weighted by Gasteiger charge is -2.18. The first-order valence-corrected chi connectivity index (χ1v) is 7.47. The van der Waals surface area contributed by atoms with Crippen molar-refractivity contribution in [3.05, 3.63) is 48.4 Å². The van der Waals surface area contributed by atoms with Gasteiger partial charge in [-0.1, -0.05) is 19.9 Å². The fourth-order valence-corrected chi connectivity index (χ4v) is 1.81. The maximum Gasteiger partial charge on any atom is 0.319 e. The predicted octanol–water partition coefficient (Wildman–Crippen LogP) is 3.70. The molecule has 1 aromatic carbocycles. The Hall–Kier alpha value is -2.76. The Kier molecular flexibility index (Phi) is 5.41. The van der Waals surface area contributed by atoms with Gasteiger partial charge in [-0.15, -0.1) is 0 Å². The van der Waals surface area contributed by atoms with Gasteiger partial charge in [0.25, 0.3) is 5.91 Å². The Bertz CT molecular complexity index is 665. The first-order chi connectivity index (χ1) is 11.0. The highest BCUT2D eigenvalue weighted by atomic mass is 16.3. The van der Waals surface area contributed by atoms with Gasteiger partial charge in [0.15, 0.2) is 0 Å². The fourth-order valence-electron chi connectivity index (χ4n) is 1.81. The summed E-state index contributed by atoms with van der Waals surface area (Å²) in [5.41, 5.74) is 1.63. The number of hydrogen-bond donors (Lipinski definition) is 3. The minimum atomic E-state index is -0.274. The van der Waals surface area contributed by atoms with Gasteiger partial charge < -0.3 is 20.4 Å². The van der Waals surface area contributed by atoms with E-state index in [2.05, 4.69) is 16.0 Å². The minimum absolute atomic E-state index is 0.0685. The summed E-state index contributed by atoms with van der Waals surface area (Å²) in [4.78, 5) is 23.9. The van der Waals surface area contributed by atoms with Crippen molar-refractivity contribution in [3.63, 3.8) is 0 Å². The normalized spacial score (nSPS) is 11.8. The lowest BCUT2D eigenvalue weighted by molar-refractivity contribution is 0.102. The Morgan fingerprint density at radius 3 is 2.35 bits per heavy atom. The second-order valence-corrected chi connectivity index (χ2v) is 5.68. The van der Waals surface area contributed by atoms with Crippen LogP contribution in [0.15, 0.2) is 47.3 Å². The van der Waals surface area contributed by atoms with Crippen LogP contribution in [0.2, 0.25) is 0 Å². The van der Waals surface area contributed by atoms with Crippen LogP contribution in [0.25, 0.3) is 0 Å². The summed E-state index contributed by atoms with van der Waals surface area (Å²) in [7, 11) is 0. The number of furan rings is 1. The van der Waals surface area contributed by atoms with Crippen LogP contribution in [0.1, 0.15) is 31.1 Å². The van der Waals surface area contributed by atoms with Crippen LogP contribution in [-0.4, -0.2) is 18.0 Å². The number of amides is 3. The molecular weight excluding hydrogens is 294 g/mol. The highest BCUT2D eigenvalue weighted by Gasteiger charge is 2.11. The quantitative estimate of drug-likeness (QED) is 0.786. The molecule has 0 saturated carbocycles. The number of anilines is 2. The number of rotatable bonds is 5. The molecule has 3 amide bonds. The molecule has 6 nitrogen and oxygen atoms in total. The predicted molar refractivity (Wildman–Crippen MR) is 89.6 cm³/mol. The summed E-state index contributed by atoms with van der Waals surface area (Å²) >= 11 is 0. The Balaban J connectivity index is 1.97. The summed E-state index contributed by atoms with van der Waals surface area (Å²) in [5, 5.41) is 8.36. The van der Waals surface area contributed by atoms with Crippen LogP contribution < -0.4 is 16.0 Å². The van der Waals surface area contributed by atoms with E-state index >= 15 is 0 Å². The Labute approximate surface area is 135 Å². The maximum absolute atomic E-state index is 12.0. The van der Waals surface area contributed by atoms with Crippen molar-refractivity contribution in [1.29, 1.82) is 0 Å². The summed E-state index contributed by atoms with van der Waals surface area (Å²) in [6.45, 7) is 6.03. The molecule has 0 fully saturated rings. The number of urea groups is 1. The van der Waals surface area contributed by atoms with Gasteiger partial charge in [0, 0.05) is 17.4 Å². The molecule has 0 aliphatic rings. The lowest BCUT2D eigenvalue weighted by Crippen LogP contribution is -2.39. The zero-order chi connectivity index (χ0) is 16.8. The molecule has 0 saturated heterocycles. The molecule has 1 atom stereocenters. The van der Waals surface area contributed by atoms with Crippen molar-refractivity contribution in [2.75, 3.05) is 10.6 Å². The van der Waals surface area contributed by atoms with Crippen LogP contribution in [0.5, 0.6) is 0 Å². The molecular formula is C17H21N3O3. The number of nitrogens with one attached hydrogen (secondary N) is 3. The van der Waals surface area contributed by atoms with Crippen LogP contribution in [0.4, 0.5) is 16.2 Å². The molecule has 0 spiro atoms. The van der Waals surface area contributed by atoms with Gasteiger partial charge >= 0.3 is 6.03 Å². The Morgan fingerprint density at radius 2 is 1.74 bits per heavy atom. The average molecular weight is 315 g/mol. The third-order valence-corrected chi connectivity index (χ3v) is 3.52. The van der Waals surface area contributed by atoms with Crippen LogP contribution in [0, 0.1) is 5.92 Å². The van der Waals surface area contributed by atoms with Crippen molar-refractivity contribution in [2.45, 2.75) is 26.8 Å². The number of carbonyl (C=O) groups is 2. The summed E-state index contributed by atoms with van der Waals surface area (Å²) in [6.07, 6.45) is 2.81. The van der Waals surface area contributed by atoms with Gasteiger partial charge in [-0.05, 0) is 37.1 Å². The molecule has 1 heterocycles. The molecule has 0 aliphatic carbocycles. The van der Waals surface area contributed by atoms with E-state index in [-0.39, 0.29) is 18.0 Å². The van der Waals surface area contributed by atoms with Gasteiger partial charge in [0.2, 0.25) is 0 Å². The number of carbonyl (C=O) groups excluding carboxylic acids is 2. The molecule has 23 heavy (non-hydrogen) atoms. The molecule has 2 rings (SSSR count). The SMILES string of the molecule is CC(C)C(C)NC(=O)Nc1cccc(NC(=O)c2ccoc2)c1. The summed E-state index contributed by atoms with van der Waals surface area (Å²) in [6, 6.07) is 8.33. The first kappa shape index (κ1) is 16.6. The molecule has 1 unspecified atom stereocenters. The van der Waals surface area contributed by atoms with Gasteiger partial charge in [0.1, 0.15) is 6.26 Å². The summed E-state index contributed by atoms with van der Waals surface area (Å²) in [5.74, 6) is 0.0788. The highest BCUT2D eigenvalue weighted by molar-refractivity contribution is 6.04. The van der Waals surface area contributed by atoms with Crippen LogP contribution in [-0.2, 0) is 0 Å². The van der Waals surface area contributed by atoms with Gasteiger partial charge in [0.05, 0.1) is 11.8 Å². The van der Waals surface area contributed by atoms with E-state index in [1.165, 1.54) is 12.5 Å². The summed E-state index contributed by atoms with van der Waals surface area (Å²) < 4.78 is 4.88. The lowest BCUT2D eigenvalue weighted by atomic mass is 10.1. The largest absolute Gasteiger partial charge is 0.472 e. The second kappa shape index (κ2) is 7.49. The van der Waals surface area contributed by atoms with Crippen molar-refractivity contribution >= 4 is 23.3 Å². The van der Waals surface area contributed by atoms with E-state index in [4.69, 9.17) is 4.42 Å².